The van der Waals surface area contributed by atoms with Gasteiger partial charge in [-0.05, 0) is 167 Å². The zero-order valence-corrected chi connectivity index (χ0v) is 43.0. The largest absolute Gasteiger partial charge is 0.363 e. The Morgan fingerprint density at radius 3 is 2.51 bits per heavy atom. The normalized spacial score (nSPS) is 45.4. The highest BCUT2D eigenvalue weighted by Crippen LogP contribution is 2.77. The van der Waals surface area contributed by atoms with Crippen molar-refractivity contribution in [3.63, 3.8) is 0 Å². The molecule has 0 amide bonds. The zero-order valence-electron chi connectivity index (χ0n) is 42.2. The minimum Gasteiger partial charge on any atom is -0.363 e. The smallest absolute Gasteiger partial charge is 0.0710 e. The molecule has 7 heteroatoms. The van der Waals surface area contributed by atoms with Gasteiger partial charge in [0.2, 0.25) is 0 Å². The number of hydrogen-bond donors (Lipinski definition) is 2. The van der Waals surface area contributed by atoms with Crippen LogP contribution in [0.1, 0.15) is 121 Å². The third-order valence-corrected chi connectivity index (χ3v) is 23.7. The zero-order chi connectivity index (χ0) is 47.2. The Bertz CT molecular complexity index is 2830. The van der Waals surface area contributed by atoms with Gasteiger partial charge in [0.1, 0.15) is 0 Å². The number of anilines is 1. The van der Waals surface area contributed by atoms with Crippen LogP contribution in [-0.4, -0.2) is 68.8 Å². The molecule has 16 rings (SSSR count). The molecule has 19 unspecified atom stereocenters. The maximum absolute atomic E-state index is 11.9. The molecule has 5 aliphatic heterocycles. The molecule has 3 saturated carbocycles. The molecule has 6 nitrogen and oxygen atoms in total. The van der Waals surface area contributed by atoms with Gasteiger partial charge in [0.05, 0.1) is 30.2 Å². The second-order valence-electron chi connectivity index (χ2n) is 24.9. The number of para-hydroxylation sites is 1. The lowest BCUT2D eigenvalue weighted by Crippen LogP contribution is -2.62. The first-order chi connectivity index (χ1) is 35.7. The summed E-state index contributed by atoms with van der Waals surface area (Å²) in [6, 6.07) is 15.4. The number of benzene rings is 1. The Hall–Kier alpha value is -4.48. The standard InChI is InChI=1S/C65H74N6S/c66-38-43-36-47-54(37-53(43)70-49-28-13-11-26-46(49)58-52(70)32-31-51-57(58)45-25-10-12-27-48(45)69(51)44-23-8-3-9-24-44)71-50-29-14-15-30-55(50)72-56-33-34-65-59(60(65)62(56)71)61(47)67-64(40-19-6-2-7-20-40)68-63(65)42-22-16-21-41(35-42)39-17-4-1-5-18-39/h2,4,6-7,10-11,13-14,16-19,21,23,25-26,28-29,35,37,40,42-43,47,50-53,55-64,67-68H,1,3,5,8-9,12,15,20,22,24,27,30-34,36H2. The van der Waals surface area contributed by atoms with Gasteiger partial charge in [-0.2, -0.15) is 17.0 Å². The van der Waals surface area contributed by atoms with E-state index in [9.17, 15) is 5.26 Å². The average molecular weight is 971 g/mol. The Kier molecular flexibility index (Phi) is 10.4. The number of rotatable bonds is 5. The first-order valence-electron chi connectivity index (χ1n) is 29.3. The number of fused-ring (bicyclic) bond motifs is 11. The van der Waals surface area contributed by atoms with Crippen LogP contribution in [0.25, 0.3) is 0 Å². The third-order valence-electron chi connectivity index (χ3n) is 22.0. The molecule has 19 atom stereocenters. The molecule has 10 aliphatic carbocycles. The molecule has 72 heavy (non-hydrogen) atoms. The van der Waals surface area contributed by atoms with Gasteiger partial charge in [0, 0.05) is 87.2 Å². The van der Waals surface area contributed by atoms with Crippen LogP contribution in [0, 0.1) is 58.2 Å². The molecule has 1 aromatic carbocycles. The summed E-state index contributed by atoms with van der Waals surface area (Å²) in [7, 11) is 0. The summed E-state index contributed by atoms with van der Waals surface area (Å²) in [6.45, 7) is 0. The van der Waals surface area contributed by atoms with Crippen molar-refractivity contribution < 1.29 is 0 Å². The predicted molar refractivity (Wildman–Crippen MR) is 292 cm³/mol. The van der Waals surface area contributed by atoms with E-state index in [1.807, 2.05) is 0 Å². The van der Waals surface area contributed by atoms with Crippen LogP contribution in [0.5, 0.6) is 0 Å². The second-order valence-corrected chi connectivity index (χ2v) is 26.4. The van der Waals surface area contributed by atoms with Crippen LogP contribution in [0.4, 0.5) is 5.69 Å². The summed E-state index contributed by atoms with van der Waals surface area (Å²) in [5, 5.41) is 22.4. The summed E-state index contributed by atoms with van der Waals surface area (Å²) in [5.41, 5.74) is 12.6. The molecule has 0 bridgehead atoms. The monoisotopic (exact) mass is 971 g/mol. The molecule has 3 saturated heterocycles. The van der Waals surface area contributed by atoms with Crippen molar-refractivity contribution in [2.75, 3.05) is 4.90 Å². The fraction of sp³-hybridized carbons (Fsp3) is 0.554. The van der Waals surface area contributed by atoms with Crippen molar-refractivity contribution in [1.82, 2.24) is 20.4 Å². The minimum atomic E-state index is -0.0885. The third kappa shape index (κ3) is 6.33. The first-order valence-corrected chi connectivity index (χ1v) is 30.2. The number of hydrogen-bond acceptors (Lipinski definition) is 7. The fourth-order valence-corrected chi connectivity index (χ4v) is 21.2. The van der Waals surface area contributed by atoms with E-state index in [1.54, 1.807) is 28.2 Å². The molecule has 1 spiro atoms. The molecule has 2 N–H and O–H groups in total. The van der Waals surface area contributed by atoms with E-state index >= 15 is 0 Å². The van der Waals surface area contributed by atoms with E-state index in [1.165, 1.54) is 87.5 Å². The van der Waals surface area contributed by atoms with Crippen molar-refractivity contribution in [3.05, 3.63) is 161 Å². The Morgan fingerprint density at radius 2 is 1.62 bits per heavy atom. The van der Waals surface area contributed by atoms with Crippen LogP contribution >= 0.6 is 11.8 Å². The van der Waals surface area contributed by atoms with Gasteiger partial charge in [-0.25, -0.2) is 0 Å². The number of thioether (sulfide) groups is 1. The van der Waals surface area contributed by atoms with Crippen LogP contribution in [-0.2, 0) is 0 Å². The van der Waals surface area contributed by atoms with E-state index in [4.69, 9.17) is 0 Å². The molecular weight excluding hydrogens is 897 g/mol. The lowest BCUT2D eigenvalue weighted by atomic mass is 9.68. The molecular formula is C65H74N6S. The van der Waals surface area contributed by atoms with Gasteiger partial charge < -0.3 is 14.7 Å². The van der Waals surface area contributed by atoms with Gasteiger partial charge in [-0.15, -0.1) is 0 Å². The predicted octanol–water partition coefficient (Wildman–Crippen LogP) is 12.6. The van der Waals surface area contributed by atoms with Gasteiger partial charge >= 0.3 is 0 Å². The van der Waals surface area contributed by atoms with Gasteiger partial charge in [-0.3, -0.25) is 10.6 Å². The van der Waals surface area contributed by atoms with Crippen LogP contribution in [0.2, 0.25) is 0 Å². The number of allylic oxidation sites excluding steroid dienone is 16. The molecule has 0 aromatic heterocycles. The van der Waals surface area contributed by atoms with E-state index in [0.29, 0.717) is 88.2 Å². The number of nitriles is 1. The number of nitrogens with one attached hydrogen (secondary N) is 2. The Balaban J connectivity index is 0.826. The summed E-state index contributed by atoms with van der Waals surface area (Å²) < 4.78 is 0. The highest BCUT2D eigenvalue weighted by atomic mass is 32.2. The molecule has 15 aliphatic rings. The van der Waals surface area contributed by atoms with Crippen molar-refractivity contribution in [3.8, 4) is 6.07 Å². The van der Waals surface area contributed by atoms with Gasteiger partial charge in [-0.1, -0.05) is 109 Å². The molecule has 5 heterocycles. The van der Waals surface area contributed by atoms with Crippen molar-refractivity contribution in [2.24, 2.45) is 46.8 Å². The van der Waals surface area contributed by atoms with E-state index in [-0.39, 0.29) is 23.5 Å². The summed E-state index contributed by atoms with van der Waals surface area (Å²) in [5.74, 6) is 3.16. The topological polar surface area (TPSA) is 57.6 Å². The lowest BCUT2D eigenvalue weighted by molar-refractivity contribution is 0.0821. The van der Waals surface area contributed by atoms with E-state index < -0.39 is 0 Å². The lowest BCUT2D eigenvalue weighted by Gasteiger charge is -2.57. The van der Waals surface area contributed by atoms with Gasteiger partial charge in [0.15, 0.2) is 0 Å². The Labute approximate surface area is 433 Å². The highest BCUT2D eigenvalue weighted by molar-refractivity contribution is 8.00. The summed E-state index contributed by atoms with van der Waals surface area (Å²) in [4.78, 5) is 8.97. The van der Waals surface area contributed by atoms with Crippen molar-refractivity contribution in [2.45, 2.75) is 174 Å². The summed E-state index contributed by atoms with van der Waals surface area (Å²) in [6.07, 6.45) is 60.6. The number of nitrogens with zero attached hydrogens (tertiary/aromatic N) is 4. The van der Waals surface area contributed by atoms with Gasteiger partial charge in [0.25, 0.3) is 0 Å². The highest BCUT2D eigenvalue weighted by Gasteiger charge is 2.80. The molecule has 1 aromatic rings. The van der Waals surface area contributed by atoms with E-state index in [2.05, 4.69) is 165 Å². The van der Waals surface area contributed by atoms with Crippen LogP contribution < -0.4 is 15.5 Å². The maximum Gasteiger partial charge on any atom is 0.0710 e. The summed E-state index contributed by atoms with van der Waals surface area (Å²) >= 11 is 2.40. The van der Waals surface area contributed by atoms with Crippen molar-refractivity contribution >= 4 is 17.4 Å². The van der Waals surface area contributed by atoms with E-state index in [0.717, 1.165) is 38.5 Å². The Morgan fingerprint density at radius 1 is 0.708 bits per heavy atom. The SMILES string of the molecule is N#CC1CC2C(=CC1N1c3ccccc3C3C4C5=C(CCC=C5)N(C5=CCCCC5)C4CCC31)N1C3C=CCCC3SC3CCC45C(C6C=C(C7=CCCC=C7)C=CC6)NC(C6C=CC=CC6)NC2C4C5C31. The maximum atomic E-state index is 11.9. The molecule has 370 valence electrons. The first kappa shape index (κ1) is 43.9. The molecule has 6 fully saturated rings. The second kappa shape index (κ2) is 17.0. The van der Waals surface area contributed by atoms with Crippen LogP contribution in [0.15, 0.2) is 155 Å². The minimum absolute atomic E-state index is 0.0456. The average Bonchev–Trinajstić information content (AvgIpc) is 3.95. The van der Waals surface area contributed by atoms with Crippen LogP contribution in [0.3, 0.4) is 0 Å². The fourth-order valence-electron chi connectivity index (χ4n) is 19.4. The molecule has 0 radical (unpaired) electrons. The quantitative estimate of drug-likeness (QED) is 0.285. The van der Waals surface area contributed by atoms with Crippen molar-refractivity contribution in [1.29, 1.82) is 5.26 Å².